The lowest BCUT2D eigenvalue weighted by Crippen LogP contribution is -2.82. The molecule has 0 saturated carbocycles. The number of aliphatic hydroxyl groups is 3. The molecule has 2 heterocycles. The number of aromatic nitrogens is 1. The normalized spacial score (nSPS) is 33.4. The first-order valence-corrected chi connectivity index (χ1v) is 9.46. The van der Waals surface area contributed by atoms with Crippen molar-refractivity contribution in [2.75, 3.05) is 5.75 Å². The summed E-state index contributed by atoms with van der Waals surface area (Å²) in [7, 11) is 0. The number of nitrogens with zero attached hydrogens (tertiary/aromatic N) is 1. The molecule has 4 atom stereocenters. The van der Waals surface area contributed by atoms with Crippen molar-refractivity contribution >= 4 is 45.0 Å². The molecule has 8 nitrogen and oxygen atoms in total. The molecule has 0 aliphatic carbocycles. The highest BCUT2D eigenvalue weighted by Gasteiger charge is 2.75. The van der Waals surface area contributed by atoms with Gasteiger partial charge in [0.25, 0.3) is 5.95 Å². The molecule has 11 heteroatoms. The van der Waals surface area contributed by atoms with Crippen molar-refractivity contribution in [2.24, 2.45) is 0 Å². The Morgan fingerprint density at radius 1 is 1.22 bits per heavy atom. The van der Waals surface area contributed by atoms with Crippen LogP contribution in [0.1, 0.15) is 20.8 Å². The van der Waals surface area contributed by atoms with Gasteiger partial charge in [-0.05, 0) is 36.7 Å². The maximum Gasteiger partial charge on any atom is 0.255 e. The molecule has 0 aromatic carbocycles. The lowest BCUT2D eigenvalue weighted by molar-refractivity contribution is -0.236. The number of ketones is 3. The summed E-state index contributed by atoms with van der Waals surface area (Å²) in [6.45, 7) is 2.58. The van der Waals surface area contributed by atoms with Crippen molar-refractivity contribution in [3.8, 4) is 5.75 Å². The molecular weight excluding hydrogens is 449 g/mol. The maximum absolute atomic E-state index is 13.9. The molecule has 27 heavy (non-hydrogen) atoms. The molecule has 0 radical (unpaired) electrons. The lowest BCUT2D eigenvalue weighted by atomic mass is 9.65. The number of carbonyl (C=O) groups excluding carboxylic acids is 3. The third-order valence-electron chi connectivity index (χ3n) is 4.57. The topological polar surface area (TPSA) is 134 Å². The SMILES string of the molecule is CC(=O)[C@]1(O)[C@@](O)(C(C)=O)CS[C@H](Oc2cc(Br)cnc2F)[C@@]1(O)C(C)=O. The van der Waals surface area contributed by atoms with Gasteiger partial charge in [-0.3, -0.25) is 14.4 Å². The standard InChI is InChI=1S/C16H17BrFNO7S/c1-7(20)14(23)6-27-13(26-11-4-10(17)5-19-12(11)18)15(24,8(2)21)16(14,25)9(3)22/h4-5,13,23-25H,6H2,1-3H3/t13-,14-,15-,16-/m0/s1. The minimum Gasteiger partial charge on any atom is -0.471 e. The number of halogens is 2. The first-order chi connectivity index (χ1) is 12.3. The van der Waals surface area contributed by atoms with E-state index >= 15 is 0 Å². The molecule has 1 aromatic rings. The Hall–Kier alpha value is -1.40. The van der Waals surface area contributed by atoms with E-state index in [0.717, 1.165) is 27.0 Å². The summed E-state index contributed by atoms with van der Waals surface area (Å²) in [4.78, 5) is 40.0. The number of rotatable bonds is 5. The van der Waals surface area contributed by atoms with Gasteiger partial charge in [0.2, 0.25) is 5.60 Å². The summed E-state index contributed by atoms with van der Waals surface area (Å²) < 4.78 is 19.6. The number of carbonyl (C=O) groups is 3. The fourth-order valence-electron chi connectivity index (χ4n) is 2.97. The first kappa shape index (κ1) is 21.9. The Bertz CT molecular complexity index is 824. The molecule has 1 aliphatic rings. The smallest absolute Gasteiger partial charge is 0.255 e. The highest BCUT2D eigenvalue weighted by Crippen LogP contribution is 2.49. The number of ether oxygens (including phenoxy) is 1. The third kappa shape index (κ3) is 3.11. The van der Waals surface area contributed by atoms with Gasteiger partial charge in [-0.1, -0.05) is 0 Å². The fourth-order valence-corrected chi connectivity index (χ4v) is 4.83. The Morgan fingerprint density at radius 3 is 2.30 bits per heavy atom. The van der Waals surface area contributed by atoms with E-state index in [1.165, 1.54) is 6.07 Å². The Kier molecular flexibility index (Phi) is 5.84. The van der Waals surface area contributed by atoms with Gasteiger partial charge >= 0.3 is 0 Å². The number of pyridine rings is 1. The zero-order chi connectivity index (χ0) is 20.8. The minimum atomic E-state index is -3.20. The predicted molar refractivity (Wildman–Crippen MR) is 95.7 cm³/mol. The van der Waals surface area contributed by atoms with Crippen molar-refractivity contribution in [1.29, 1.82) is 0 Å². The first-order valence-electron chi connectivity index (χ1n) is 7.62. The van der Waals surface area contributed by atoms with Gasteiger partial charge in [0.15, 0.2) is 39.7 Å². The second kappa shape index (κ2) is 7.21. The highest BCUT2D eigenvalue weighted by molar-refractivity contribution is 9.10. The van der Waals surface area contributed by atoms with Crippen molar-refractivity contribution in [3.63, 3.8) is 0 Å². The van der Waals surface area contributed by atoms with Gasteiger partial charge in [-0.15, -0.1) is 11.8 Å². The predicted octanol–water partition coefficient (Wildman–Crippen LogP) is 0.395. The highest BCUT2D eigenvalue weighted by atomic mass is 79.9. The van der Waals surface area contributed by atoms with Crippen LogP contribution in [0.5, 0.6) is 5.75 Å². The maximum atomic E-state index is 13.9. The molecule has 1 aliphatic heterocycles. The van der Waals surface area contributed by atoms with Crippen LogP contribution in [0, 0.1) is 5.95 Å². The summed E-state index contributed by atoms with van der Waals surface area (Å²) in [5.41, 5.74) is -10.7. The monoisotopic (exact) mass is 465 g/mol. The van der Waals surface area contributed by atoms with E-state index in [9.17, 15) is 34.1 Å². The van der Waals surface area contributed by atoms with Crippen molar-refractivity contribution in [1.82, 2.24) is 4.98 Å². The van der Waals surface area contributed by atoms with Crippen LogP contribution in [-0.4, -0.2) is 65.6 Å². The van der Waals surface area contributed by atoms with E-state index in [0.29, 0.717) is 16.2 Å². The average Bonchev–Trinajstić information content (AvgIpc) is 2.57. The zero-order valence-electron chi connectivity index (χ0n) is 14.5. The molecule has 1 saturated heterocycles. The molecular formula is C16H17BrFNO7S. The van der Waals surface area contributed by atoms with Crippen LogP contribution in [0.3, 0.4) is 0 Å². The van der Waals surface area contributed by atoms with E-state index in [1.807, 2.05) is 0 Å². The lowest BCUT2D eigenvalue weighted by Gasteiger charge is -2.54. The Labute approximate surface area is 166 Å². The van der Waals surface area contributed by atoms with Gasteiger partial charge in [0.05, 0.1) is 0 Å². The van der Waals surface area contributed by atoms with Crippen LogP contribution >= 0.6 is 27.7 Å². The van der Waals surface area contributed by atoms with Gasteiger partial charge in [-0.2, -0.15) is 4.39 Å². The van der Waals surface area contributed by atoms with Crippen LogP contribution in [-0.2, 0) is 14.4 Å². The fraction of sp³-hybridized carbons (Fsp3) is 0.500. The van der Waals surface area contributed by atoms with Crippen molar-refractivity contribution in [2.45, 2.75) is 43.0 Å². The number of hydrogen-bond donors (Lipinski definition) is 3. The van der Waals surface area contributed by atoms with Gasteiger partial charge in [0, 0.05) is 22.5 Å². The second-order valence-electron chi connectivity index (χ2n) is 6.21. The largest absolute Gasteiger partial charge is 0.471 e. The second-order valence-corrected chi connectivity index (χ2v) is 8.17. The van der Waals surface area contributed by atoms with Gasteiger partial charge < -0.3 is 20.1 Å². The van der Waals surface area contributed by atoms with Gasteiger partial charge in [-0.25, -0.2) is 4.98 Å². The number of hydrogen-bond acceptors (Lipinski definition) is 9. The zero-order valence-corrected chi connectivity index (χ0v) is 16.9. The molecule has 0 unspecified atom stereocenters. The van der Waals surface area contributed by atoms with E-state index in [-0.39, 0.29) is 0 Å². The Morgan fingerprint density at radius 2 is 1.81 bits per heavy atom. The molecule has 1 aromatic heterocycles. The third-order valence-corrected chi connectivity index (χ3v) is 6.33. The molecule has 0 spiro atoms. The quantitative estimate of drug-likeness (QED) is 0.527. The van der Waals surface area contributed by atoms with E-state index in [4.69, 9.17) is 4.74 Å². The number of Topliss-reactive ketones (excluding diaryl/α,β-unsaturated/α-hetero) is 3. The van der Waals surface area contributed by atoms with Crippen molar-refractivity contribution in [3.05, 3.63) is 22.7 Å². The van der Waals surface area contributed by atoms with Gasteiger partial charge in [0.1, 0.15) is 0 Å². The molecule has 2 rings (SSSR count). The van der Waals surface area contributed by atoms with Crippen LogP contribution < -0.4 is 4.74 Å². The molecule has 0 amide bonds. The average molecular weight is 466 g/mol. The summed E-state index contributed by atoms with van der Waals surface area (Å²) in [5, 5.41) is 32.8. The van der Waals surface area contributed by atoms with Crippen LogP contribution in [0.2, 0.25) is 0 Å². The summed E-state index contributed by atoms with van der Waals surface area (Å²) in [6.07, 6.45) is 1.15. The summed E-state index contributed by atoms with van der Waals surface area (Å²) >= 11 is 3.64. The number of thioether (sulfide) groups is 1. The Balaban J connectivity index is 2.65. The summed E-state index contributed by atoms with van der Waals surface area (Å²) in [5.74, 6) is -5.52. The molecule has 148 valence electrons. The molecule has 3 N–H and O–H groups in total. The summed E-state index contributed by atoms with van der Waals surface area (Å²) in [6, 6.07) is 1.17. The minimum absolute atomic E-state index is 0.327. The van der Waals surface area contributed by atoms with E-state index in [1.54, 1.807) is 0 Å². The van der Waals surface area contributed by atoms with Crippen LogP contribution in [0.4, 0.5) is 4.39 Å². The van der Waals surface area contributed by atoms with E-state index < -0.39 is 57.0 Å². The molecule has 0 bridgehead atoms. The van der Waals surface area contributed by atoms with E-state index in [2.05, 4.69) is 20.9 Å². The van der Waals surface area contributed by atoms with Crippen LogP contribution in [0.15, 0.2) is 16.7 Å². The van der Waals surface area contributed by atoms with Crippen molar-refractivity contribution < 1.29 is 38.8 Å². The molecule has 1 fully saturated rings. The van der Waals surface area contributed by atoms with Crippen LogP contribution in [0.25, 0.3) is 0 Å².